The Morgan fingerprint density at radius 1 is 1.08 bits per heavy atom. The van der Waals surface area contributed by atoms with Crippen molar-refractivity contribution in [3.8, 4) is 0 Å². The highest BCUT2D eigenvalue weighted by Crippen LogP contribution is 2.22. The topological polar surface area (TPSA) is 60.3 Å². The van der Waals surface area contributed by atoms with Gasteiger partial charge in [0.05, 0.1) is 17.7 Å². The first kappa shape index (κ1) is 16.9. The average Bonchev–Trinajstić information content (AvgIpc) is 2.64. The van der Waals surface area contributed by atoms with Crippen LogP contribution in [0.1, 0.15) is 17.3 Å². The molecule has 25 heavy (non-hydrogen) atoms. The number of hydrogen-bond donors (Lipinski definition) is 1. The van der Waals surface area contributed by atoms with Crippen molar-refractivity contribution in [3.63, 3.8) is 0 Å². The largest absolute Gasteiger partial charge is 0.380 e. The Hall–Kier alpha value is -2.92. The molecule has 1 aromatic heterocycles. The van der Waals surface area contributed by atoms with Crippen molar-refractivity contribution in [2.75, 3.05) is 18.5 Å². The van der Waals surface area contributed by atoms with Gasteiger partial charge >= 0.3 is 0 Å². The molecule has 0 atom stereocenters. The quantitative estimate of drug-likeness (QED) is 0.529. The smallest absolute Gasteiger partial charge is 0.261 e. The van der Waals surface area contributed by atoms with Crippen LogP contribution in [-0.4, -0.2) is 24.1 Å². The Morgan fingerprint density at radius 2 is 1.88 bits per heavy atom. The Balaban J connectivity index is 2.05. The zero-order chi connectivity index (χ0) is 17.6. The van der Waals surface area contributed by atoms with Crippen LogP contribution in [0.25, 0.3) is 10.9 Å². The SMILES string of the molecule is CCOCCn1c(=O)c(C=O)cc2ccc(Nc3ccccc3)cc21. The van der Waals surface area contributed by atoms with Gasteiger partial charge in [0.1, 0.15) is 0 Å². The molecule has 3 rings (SSSR count). The van der Waals surface area contributed by atoms with Gasteiger partial charge in [-0.15, -0.1) is 0 Å². The van der Waals surface area contributed by atoms with E-state index >= 15 is 0 Å². The van der Waals surface area contributed by atoms with Gasteiger partial charge in [0.2, 0.25) is 0 Å². The molecule has 0 aliphatic carbocycles. The summed E-state index contributed by atoms with van der Waals surface area (Å²) in [5.41, 5.74) is 2.49. The molecule has 3 aromatic rings. The van der Waals surface area contributed by atoms with Crippen LogP contribution >= 0.6 is 0 Å². The summed E-state index contributed by atoms with van der Waals surface area (Å²) in [4.78, 5) is 23.7. The van der Waals surface area contributed by atoms with E-state index in [2.05, 4.69) is 5.32 Å². The average molecular weight is 336 g/mol. The van der Waals surface area contributed by atoms with Gasteiger partial charge in [-0.05, 0) is 42.6 Å². The fraction of sp³-hybridized carbons (Fsp3) is 0.200. The molecule has 0 bridgehead atoms. The van der Waals surface area contributed by atoms with Gasteiger partial charge in [-0.3, -0.25) is 9.59 Å². The summed E-state index contributed by atoms with van der Waals surface area (Å²) in [6, 6.07) is 17.2. The van der Waals surface area contributed by atoms with Gasteiger partial charge in [0.15, 0.2) is 6.29 Å². The summed E-state index contributed by atoms with van der Waals surface area (Å²) < 4.78 is 6.98. The van der Waals surface area contributed by atoms with Gasteiger partial charge in [0, 0.05) is 24.5 Å². The van der Waals surface area contributed by atoms with E-state index in [0.29, 0.717) is 26.0 Å². The van der Waals surface area contributed by atoms with Crippen molar-refractivity contribution in [1.29, 1.82) is 0 Å². The minimum Gasteiger partial charge on any atom is -0.380 e. The third kappa shape index (κ3) is 3.78. The molecule has 0 unspecified atom stereocenters. The van der Waals surface area contributed by atoms with Crippen LogP contribution in [0.5, 0.6) is 0 Å². The maximum Gasteiger partial charge on any atom is 0.261 e. The molecule has 5 heteroatoms. The lowest BCUT2D eigenvalue weighted by Crippen LogP contribution is -2.25. The Morgan fingerprint density at radius 3 is 2.60 bits per heavy atom. The number of pyridine rings is 1. The number of benzene rings is 2. The molecular weight excluding hydrogens is 316 g/mol. The molecule has 0 aliphatic rings. The van der Waals surface area contributed by atoms with Crippen LogP contribution in [0.2, 0.25) is 0 Å². The lowest BCUT2D eigenvalue weighted by atomic mass is 10.1. The van der Waals surface area contributed by atoms with Crippen molar-refractivity contribution >= 4 is 28.6 Å². The summed E-state index contributed by atoms with van der Waals surface area (Å²) in [6.45, 7) is 3.31. The lowest BCUT2D eigenvalue weighted by Gasteiger charge is -2.13. The van der Waals surface area contributed by atoms with Crippen LogP contribution in [-0.2, 0) is 11.3 Å². The molecule has 0 fully saturated rings. The molecule has 0 aliphatic heterocycles. The number of ether oxygens (including phenoxy) is 1. The highest BCUT2D eigenvalue weighted by atomic mass is 16.5. The van der Waals surface area contributed by atoms with Crippen molar-refractivity contribution in [2.24, 2.45) is 0 Å². The first-order chi connectivity index (χ1) is 12.2. The minimum atomic E-state index is -0.293. The minimum absolute atomic E-state index is 0.160. The normalized spacial score (nSPS) is 10.8. The van der Waals surface area contributed by atoms with Gasteiger partial charge in [-0.25, -0.2) is 0 Å². The number of carbonyl (C=O) groups excluding carboxylic acids is 1. The molecule has 0 amide bonds. The summed E-state index contributed by atoms with van der Waals surface area (Å²) in [5.74, 6) is 0. The summed E-state index contributed by atoms with van der Waals surface area (Å²) in [5, 5.41) is 4.17. The van der Waals surface area contributed by atoms with Crippen molar-refractivity contribution in [1.82, 2.24) is 4.57 Å². The number of para-hydroxylation sites is 1. The molecule has 1 heterocycles. The molecule has 0 saturated heterocycles. The van der Waals surface area contributed by atoms with E-state index < -0.39 is 0 Å². The third-order valence-corrected chi connectivity index (χ3v) is 3.98. The number of aromatic nitrogens is 1. The number of anilines is 2. The van der Waals surface area contributed by atoms with Crippen LogP contribution in [0.4, 0.5) is 11.4 Å². The second-order valence-electron chi connectivity index (χ2n) is 5.64. The maximum atomic E-state index is 12.5. The fourth-order valence-corrected chi connectivity index (χ4v) is 2.77. The number of hydrogen-bond acceptors (Lipinski definition) is 4. The predicted octanol–water partition coefficient (Wildman–Crippen LogP) is 3.59. The zero-order valence-electron chi connectivity index (χ0n) is 14.1. The van der Waals surface area contributed by atoms with Gasteiger partial charge < -0.3 is 14.6 Å². The number of rotatable bonds is 7. The van der Waals surface area contributed by atoms with E-state index in [0.717, 1.165) is 22.3 Å². The molecule has 5 nitrogen and oxygen atoms in total. The summed E-state index contributed by atoms with van der Waals surface area (Å²) in [7, 11) is 0. The van der Waals surface area contributed by atoms with Crippen molar-refractivity contribution in [3.05, 3.63) is 70.5 Å². The van der Waals surface area contributed by atoms with Crippen LogP contribution < -0.4 is 10.9 Å². The first-order valence-electron chi connectivity index (χ1n) is 8.25. The van der Waals surface area contributed by atoms with E-state index in [1.165, 1.54) is 0 Å². The summed E-state index contributed by atoms with van der Waals surface area (Å²) >= 11 is 0. The molecule has 0 spiro atoms. The van der Waals surface area contributed by atoms with E-state index in [9.17, 15) is 9.59 Å². The highest BCUT2D eigenvalue weighted by Gasteiger charge is 2.10. The molecule has 1 N–H and O–H groups in total. The molecule has 2 aromatic carbocycles. The molecule has 128 valence electrons. The predicted molar refractivity (Wildman–Crippen MR) is 99.8 cm³/mol. The zero-order valence-corrected chi connectivity index (χ0v) is 14.1. The maximum absolute atomic E-state index is 12.5. The third-order valence-electron chi connectivity index (χ3n) is 3.98. The van der Waals surface area contributed by atoms with Gasteiger partial charge in [0.25, 0.3) is 5.56 Å². The number of nitrogens with one attached hydrogen (secondary N) is 1. The van der Waals surface area contributed by atoms with E-state index in [-0.39, 0.29) is 11.1 Å². The number of carbonyl (C=O) groups is 1. The second kappa shape index (κ2) is 7.77. The second-order valence-corrected chi connectivity index (χ2v) is 5.64. The van der Waals surface area contributed by atoms with Crippen LogP contribution in [0.15, 0.2) is 59.4 Å². The van der Waals surface area contributed by atoms with E-state index in [1.54, 1.807) is 10.6 Å². The Kier molecular flexibility index (Phi) is 5.26. The van der Waals surface area contributed by atoms with Gasteiger partial charge in [-0.1, -0.05) is 24.3 Å². The van der Waals surface area contributed by atoms with Crippen molar-refractivity contribution in [2.45, 2.75) is 13.5 Å². The van der Waals surface area contributed by atoms with E-state index in [4.69, 9.17) is 4.74 Å². The molecule has 0 saturated carbocycles. The summed E-state index contributed by atoms with van der Waals surface area (Å²) in [6.07, 6.45) is 0.606. The standard InChI is InChI=1S/C20H20N2O3/c1-2-25-11-10-22-19-13-18(21-17-6-4-3-5-7-17)9-8-15(19)12-16(14-23)20(22)24/h3-9,12-14,21H,2,10-11H2,1H3. The number of fused-ring (bicyclic) bond motifs is 1. The number of aldehydes is 1. The highest BCUT2D eigenvalue weighted by molar-refractivity contribution is 5.88. The lowest BCUT2D eigenvalue weighted by molar-refractivity contribution is 0.112. The molecule has 0 radical (unpaired) electrons. The Bertz CT molecular complexity index is 933. The van der Waals surface area contributed by atoms with Crippen LogP contribution in [0.3, 0.4) is 0 Å². The first-order valence-corrected chi connectivity index (χ1v) is 8.25. The van der Waals surface area contributed by atoms with E-state index in [1.807, 2.05) is 55.5 Å². The number of nitrogens with zero attached hydrogens (tertiary/aromatic N) is 1. The molecular formula is C20H20N2O3. The van der Waals surface area contributed by atoms with Crippen molar-refractivity contribution < 1.29 is 9.53 Å². The monoisotopic (exact) mass is 336 g/mol. The van der Waals surface area contributed by atoms with Gasteiger partial charge in [-0.2, -0.15) is 0 Å². The fourth-order valence-electron chi connectivity index (χ4n) is 2.77. The Labute approximate surface area is 145 Å². The van der Waals surface area contributed by atoms with Crippen LogP contribution in [0, 0.1) is 0 Å².